The number of para-hydroxylation sites is 1. The zero-order valence-electron chi connectivity index (χ0n) is 15.6. The molecule has 0 aromatic heterocycles. The lowest BCUT2D eigenvalue weighted by molar-refractivity contribution is -0.145. The summed E-state index contributed by atoms with van der Waals surface area (Å²) in [6.45, 7) is 3.86. The van der Waals surface area contributed by atoms with Gasteiger partial charge < -0.3 is 14.8 Å². The van der Waals surface area contributed by atoms with Crippen LogP contribution in [0.5, 0.6) is 5.75 Å². The molecule has 1 aliphatic heterocycles. The van der Waals surface area contributed by atoms with Crippen molar-refractivity contribution < 1.29 is 19.1 Å². The molecule has 1 aliphatic rings. The summed E-state index contributed by atoms with van der Waals surface area (Å²) in [5.74, 6) is -0.165. The number of aliphatic imine (C=N–C) groups is 1. The Kier molecular flexibility index (Phi) is 6.49. The number of ether oxygens (including phenoxy) is 2. The fraction of sp³-hybridized carbons (Fsp3) is 0.190. The lowest BCUT2D eigenvalue weighted by Gasteiger charge is -2.08. The van der Waals surface area contributed by atoms with E-state index in [2.05, 4.69) is 10.3 Å². The minimum Gasteiger partial charge on any atom is -0.481 e. The summed E-state index contributed by atoms with van der Waals surface area (Å²) in [5, 5.41) is 3.28. The Hall–Kier alpha value is -3.06. The highest BCUT2D eigenvalue weighted by Gasteiger charge is 2.24. The number of amides is 1. The highest BCUT2D eigenvalue weighted by molar-refractivity contribution is 8.18. The number of amidine groups is 1. The van der Waals surface area contributed by atoms with Gasteiger partial charge in [-0.3, -0.25) is 4.79 Å². The Morgan fingerprint density at radius 1 is 1.18 bits per heavy atom. The Bertz CT molecular complexity index is 936. The van der Waals surface area contributed by atoms with Gasteiger partial charge in [-0.2, -0.15) is 0 Å². The molecule has 0 atom stereocenters. The monoisotopic (exact) mass is 396 g/mol. The molecule has 3 rings (SSSR count). The molecular formula is C21H20N2O4S. The number of nitrogens with zero attached hydrogens (tertiary/aromatic N) is 1. The van der Waals surface area contributed by atoms with Crippen LogP contribution in [0, 0.1) is 6.92 Å². The Labute approximate surface area is 167 Å². The van der Waals surface area contributed by atoms with E-state index in [-0.39, 0.29) is 12.5 Å². The summed E-state index contributed by atoms with van der Waals surface area (Å²) in [6.07, 6.45) is 1.72. The van der Waals surface area contributed by atoms with Gasteiger partial charge in [-0.05, 0) is 49.9 Å². The van der Waals surface area contributed by atoms with Gasteiger partial charge in [0.1, 0.15) is 5.75 Å². The molecule has 1 fully saturated rings. The Morgan fingerprint density at radius 3 is 2.68 bits per heavy atom. The normalized spacial score (nSPS) is 16.3. The molecule has 1 heterocycles. The summed E-state index contributed by atoms with van der Waals surface area (Å²) < 4.78 is 10.4. The summed E-state index contributed by atoms with van der Waals surface area (Å²) in [7, 11) is 0. The van der Waals surface area contributed by atoms with Crippen molar-refractivity contribution in [1.82, 2.24) is 5.32 Å². The van der Waals surface area contributed by atoms with Crippen molar-refractivity contribution in [2.24, 2.45) is 4.99 Å². The van der Waals surface area contributed by atoms with Crippen LogP contribution in [0.2, 0.25) is 0 Å². The van der Waals surface area contributed by atoms with Crippen molar-refractivity contribution in [2.45, 2.75) is 13.8 Å². The maximum absolute atomic E-state index is 12.3. The second kappa shape index (κ2) is 9.23. The van der Waals surface area contributed by atoms with E-state index in [1.807, 2.05) is 43.3 Å². The smallest absolute Gasteiger partial charge is 0.344 e. The topological polar surface area (TPSA) is 77.0 Å². The molecule has 1 N–H and O–H groups in total. The van der Waals surface area contributed by atoms with Gasteiger partial charge in [-0.1, -0.05) is 35.9 Å². The van der Waals surface area contributed by atoms with Gasteiger partial charge in [0.15, 0.2) is 11.8 Å². The van der Waals surface area contributed by atoms with Crippen LogP contribution in [0.4, 0.5) is 5.69 Å². The maximum Gasteiger partial charge on any atom is 0.344 e. The van der Waals surface area contributed by atoms with Crippen molar-refractivity contribution in [3.63, 3.8) is 0 Å². The number of hydrogen-bond donors (Lipinski definition) is 1. The first-order valence-corrected chi connectivity index (χ1v) is 9.60. The van der Waals surface area contributed by atoms with Crippen molar-refractivity contribution in [3.8, 4) is 5.75 Å². The number of benzene rings is 2. The van der Waals surface area contributed by atoms with E-state index in [1.54, 1.807) is 25.1 Å². The molecule has 1 saturated heterocycles. The van der Waals surface area contributed by atoms with Crippen LogP contribution in [-0.2, 0) is 14.3 Å². The van der Waals surface area contributed by atoms with Crippen LogP contribution in [0.25, 0.3) is 6.08 Å². The fourth-order valence-electron chi connectivity index (χ4n) is 2.43. The van der Waals surface area contributed by atoms with Crippen LogP contribution < -0.4 is 10.1 Å². The average molecular weight is 396 g/mol. The summed E-state index contributed by atoms with van der Waals surface area (Å²) in [5.41, 5.74) is 2.61. The highest BCUT2D eigenvalue weighted by atomic mass is 32.2. The number of carbonyl (C=O) groups excluding carboxylic acids is 2. The van der Waals surface area contributed by atoms with Gasteiger partial charge in [-0.25, -0.2) is 9.79 Å². The van der Waals surface area contributed by atoms with Crippen LogP contribution >= 0.6 is 11.8 Å². The zero-order valence-corrected chi connectivity index (χ0v) is 16.4. The van der Waals surface area contributed by atoms with Crippen molar-refractivity contribution >= 4 is 40.6 Å². The van der Waals surface area contributed by atoms with Crippen molar-refractivity contribution in [1.29, 1.82) is 0 Å². The molecule has 1 amide bonds. The molecule has 2 aromatic carbocycles. The third-order valence-electron chi connectivity index (χ3n) is 3.77. The van der Waals surface area contributed by atoms with E-state index in [0.29, 0.717) is 28.0 Å². The number of carbonyl (C=O) groups is 2. The molecule has 0 aliphatic carbocycles. The second-order valence-electron chi connectivity index (χ2n) is 5.95. The molecular weight excluding hydrogens is 376 g/mol. The van der Waals surface area contributed by atoms with Gasteiger partial charge in [0.25, 0.3) is 5.91 Å². The number of rotatable bonds is 6. The molecule has 6 nitrogen and oxygen atoms in total. The van der Waals surface area contributed by atoms with Gasteiger partial charge in [-0.15, -0.1) is 0 Å². The van der Waals surface area contributed by atoms with E-state index in [0.717, 1.165) is 11.3 Å². The third-order valence-corrected chi connectivity index (χ3v) is 4.68. The molecule has 0 saturated carbocycles. The highest BCUT2D eigenvalue weighted by Crippen LogP contribution is 2.30. The van der Waals surface area contributed by atoms with Gasteiger partial charge in [0.05, 0.1) is 17.2 Å². The lowest BCUT2D eigenvalue weighted by Crippen LogP contribution is -2.19. The standard InChI is InChI=1S/C21H20N2O4S/c1-3-26-19(24)13-27-17-7-5-4-6-15(17)12-18-20(25)23-21(28-18)22-16-10-8-14(2)9-11-16/h4-12H,3,13H2,1-2H3,(H,22,23,25)/b18-12+. The van der Waals surface area contributed by atoms with Crippen molar-refractivity contribution in [3.05, 3.63) is 64.6 Å². The van der Waals surface area contributed by atoms with Gasteiger partial charge >= 0.3 is 5.97 Å². The SMILES string of the molecule is CCOC(=O)COc1ccccc1/C=C1/SC(=Nc2ccc(C)cc2)NC1=O. The zero-order chi connectivity index (χ0) is 19.9. The number of aryl methyl sites for hydroxylation is 1. The van der Waals surface area contributed by atoms with Gasteiger partial charge in [0.2, 0.25) is 0 Å². The molecule has 2 aromatic rings. The molecule has 144 valence electrons. The first-order valence-electron chi connectivity index (χ1n) is 8.79. The number of esters is 1. The lowest BCUT2D eigenvalue weighted by atomic mass is 10.2. The number of hydrogen-bond acceptors (Lipinski definition) is 6. The van der Waals surface area contributed by atoms with Crippen LogP contribution in [0.15, 0.2) is 58.4 Å². The molecule has 28 heavy (non-hydrogen) atoms. The van der Waals surface area contributed by atoms with Crippen LogP contribution in [0.1, 0.15) is 18.1 Å². The largest absolute Gasteiger partial charge is 0.481 e. The first-order chi connectivity index (χ1) is 13.5. The van der Waals surface area contributed by atoms with Crippen LogP contribution in [0.3, 0.4) is 0 Å². The first kappa shape index (κ1) is 19.7. The molecule has 7 heteroatoms. The Morgan fingerprint density at radius 2 is 1.93 bits per heavy atom. The summed E-state index contributed by atoms with van der Waals surface area (Å²) in [6, 6.07) is 14.9. The van der Waals surface area contributed by atoms with E-state index in [1.165, 1.54) is 11.8 Å². The Balaban J connectivity index is 1.75. The van der Waals surface area contributed by atoms with Crippen molar-refractivity contribution in [2.75, 3.05) is 13.2 Å². The fourth-order valence-corrected chi connectivity index (χ4v) is 3.26. The molecule has 0 radical (unpaired) electrons. The van der Waals surface area contributed by atoms with Crippen LogP contribution in [-0.4, -0.2) is 30.3 Å². The van der Waals surface area contributed by atoms with E-state index in [9.17, 15) is 9.59 Å². The molecule has 0 spiro atoms. The second-order valence-corrected chi connectivity index (χ2v) is 6.98. The maximum atomic E-state index is 12.3. The van der Waals surface area contributed by atoms with Gasteiger partial charge in [0, 0.05) is 5.56 Å². The predicted octanol–water partition coefficient (Wildman–Crippen LogP) is 3.83. The molecule has 0 unspecified atom stereocenters. The van der Waals surface area contributed by atoms with E-state index >= 15 is 0 Å². The third kappa shape index (κ3) is 5.23. The summed E-state index contributed by atoms with van der Waals surface area (Å²) >= 11 is 1.26. The van der Waals surface area contributed by atoms with E-state index in [4.69, 9.17) is 9.47 Å². The minimum absolute atomic E-state index is 0.187. The quantitative estimate of drug-likeness (QED) is 0.593. The summed E-state index contributed by atoms with van der Waals surface area (Å²) in [4.78, 5) is 28.8. The minimum atomic E-state index is -0.439. The molecule has 0 bridgehead atoms. The van der Waals surface area contributed by atoms with E-state index < -0.39 is 5.97 Å². The predicted molar refractivity (Wildman–Crippen MR) is 111 cm³/mol. The average Bonchev–Trinajstić information content (AvgIpc) is 3.02. The number of thioether (sulfide) groups is 1. The number of nitrogens with one attached hydrogen (secondary N) is 1.